The van der Waals surface area contributed by atoms with Crippen molar-refractivity contribution in [3.8, 4) is 0 Å². The number of imidazole rings is 1. The minimum Gasteiger partial charge on any atom is -0.467 e. The molecule has 3 aromatic heterocycles. The van der Waals surface area contributed by atoms with Gasteiger partial charge in [-0.25, -0.2) is 4.98 Å². The Balaban J connectivity index is 1.76. The molecule has 6 heteroatoms. The molecule has 0 bridgehead atoms. The van der Waals surface area contributed by atoms with Gasteiger partial charge in [-0.3, -0.25) is 5.32 Å². The van der Waals surface area contributed by atoms with Gasteiger partial charge in [0.05, 0.1) is 12.4 Å². The molecule has 0 saturated carbocycles. The maximum absolute atomic E-state index is 10.2. The van der Waals surface area contributed by atoms with E-state index in [-0.39, 0.29) is 6.04 Å². The average molecular weight is 303 g/mol. The predicted octanol–water partition coefficient (Wildman–Crippen LogP) is 2.49. The molecule has 21 heavy (non-hydrogen) atoms. The second kappa shape index (κ2) is 6.26. The molecule has 2 N–H and O–H groups in total. The van der Waals surface area contributed by atoms with Crippen molar-refractivity contribution in [3.05, 3.63) is 64.8 Å². The summed E-state index contributed by atoms with van der Waals surface area (Å²) in [6.45, 7) is 0.426. The highest BCUT2D eigenvalue weighted by Crippen LogP contribution is 2.22. The van der Waals surface area contributed by atoms with Crippen LogP contribution in [0.4, 0.5) is 0 Å². The first-order chi connectivity index (χ1) is 10.3. The van der Waals surface area contributed by atoms with E-state index in [9.17, 15) is 5.11 Å². The summed E-state index contributed by atoms with van der Waals surface area (Å²) in [5.74, 6) is 1.63. The van der Waals surface area contributed by atoms with E-state index in [0.717, 1.165) is 17.1 Å². The van der Waals surface area contributed by atoms with Crippen LogP contribution in [0.5, 0.6) is 0 Å². The van der Waals surface area contributed by atoms with E-state index in [1.54, 1.807) is 23.8 Å². The summed E-state index contributed by atoms with van der Waals surface area (Å²) >= 11 is 1.58. The van der Waals surface area contributed by atoms with Crippen LogP contribution in [0, 0.1) is 0 Å². The van der Waals surface area contributed by atoms with Crippen LogP contribution in [-0.4, -0.2) is 21.2 Å². The zero-order chi connectivity index (χ0) is 14.7. The maximum Gasteiger partial charge on any atom is 0.133 e. The fourth-order valence-corrected chi connectivity index (χ4v) is 2.95. The topological polar surface area (TPSA) is 63.2 Å². The van der Waals surface area contributed by atoms with Crippen LogP contribution in [0.2, 0.25) is 0 Å². The number of furan rings is 1. The van der Waals surface area contributed by atoms with E-state index in [2.05, 4.69) is 10.3 Å². The van der Waals surface area contributed by atoms with Crippen LogP contribution in [0.3, 0.4) is 0 Å². The summed E-state index contributed by atoms with van der Waals surface area (Å²) in [6.07, 6.45) is 4.74. The molecular weight excluding hydrogens is 286 g/mol. The number of aliphatic hydroxyl groups is 1. The number of hydrogen-bond acceptors (Lipinski definition) is 5. The Labute approximate surface area is 126 Å². The second-order valence-electron chi connectivity index (χ2n) is 4.83. The molecule has 0 radical (unpaired) electrons. The van der Waals surface area contributed by atoms with Gasteiger partial charge in [0.15, 0.2) is 0 Å². The fourth-order valence-electron chi connectivity index (χ4n) is 2.24. The van der Waals surface area contributed by atoms with Gasteiger partial charge in [0, 0.05) is 26.0 Å². The molecule has 0 aliphatic carbocycles. The van der Waals surface area contributed by atoms with Gasteiger partial charge < -0.3 is 14.1 Å². The molecule has 0 spiro atoms. The molecule has 5 nitrogen and oxygen atoms in total. The van der Waals surface area contributed by atoms with Crippen LogP contribution in [0.25, 0.3) is 0 Å². The summed E-state index contributed by atoms with van der Waals surface area (Å²) in [6, 6.07) is 5.50. The van der Waals surface area contributed by atoms with Crippen molar-refractivity contribution in [1.29, 1.82) is 0 Å². The summed E-state index contributed by atoms with van der Waals surface area (Å²) in [5.41, 5.74) is 0.922. The summed E-state index contributed by atoms with van der Waals surface area (Å²) < 4.78 is 7.44. The predicted molar refractivity (Wildman–Crippen MR) is 81.0 cm³/mol. The van der Waals surface area contributed by atoms with Gasteiger partial charge in [-0.2, -0.15) is 11.3 Å². The van der Waals surface area contributed by atoms with E-state index in [0.29, 0.717) is 6.54 Å². The second-order valence-corrected chi connectivity index (χ2v) is 5.61. The van der Waals surface area contributed by atoms with Gasteiger partial charge >= 0.3 is 0 Å². The Morgan fingerprint density at radius 3 is 3.00 bits per heavy atom. The van der Waals surface area contributed by atoms with Crippen molar-refractivity contribution >= 4 is 11.3 Å². The summed E-state index contributed by atoms with van der Waals surface area (Å²) in [7, 11) is 1.94. The smallest absolute Gasteiger partial charge is 0.133 e. The van der Waals surface area contributed by atoms with Crippen LogP contribution in [-0.2, 0) is 7.05 Å². The zero-order valence-corrected chi connectivity index (χ0v) is 12.5. The highest BCUT2D eigenvalue weighted by Gasteiger charge is 2.21. The lowest BCUT2D eigenvalue weighted by Crippen LogP contribution is -2.28. The van der Waals surface area contributed by atoms with E-state index in [1.165, 1.54) is 0 Å². The van der Waals surface area contributed by atoms with Gasteiger partial charge in [0.1, 0.15) is 17.6 Å². The Morgan fingerprint density at radius 1 is 1.48 bits per heavy atom. The fraction of sp³-hybridized carbons (Fsp3) is 0.267. The molecule has 2 atom stereocenters. The number of nitrogens with zero attached hydrogens (tertiary/aromatic N) is 2. The first-order valence-corrected chi connectivity index (χ1v) is 7.64. The average Bonchev–Trinajstić information content (AvgIpc) is 3.21. The van der Waals surface area contributed by atoms with E-state index < -0.39 is 6.10 Å². The van der Waals surface area contributed by atoms with Gasteiger partial charge in [-0.15, -0.1) is 0 Å². The minimum absolute atomic E-state index is 0.187. The monoisotopic (exact) mass is 303 g/mol. The molecule has 3 heterocycles. The van der Waals surface area contributed by atoms with Crippen LogP contribution >= 0.6 is 11.3 Å². The summed E-state index contributed by atoms with van der Waals surface area (Å²) in [4.78, 5) is 4.37. The highest BCUT2D eigenvalue weighted by atomic mass is 32.1. The molecular formula is C15H17N3O2S. The standard InChI is InChI=1S/C15H17N3O2S/c1-18-6-5-16-15(18)14(13-3-2-7-20-13)17-9-12(19)11-4-8-21-10-11/h2-8,10,12,14,17,19H,9H2,1H3. The molecule has 0 aliphatic heterocycles. The SMILES string of the molecule is Cn1ccnc1C(NCC(O)c1ccsc1)c1ccco1. The number of hydrogen-bond donors (Lipinski definition) is 2. The number of thiophene rings is 1. The highest BCUT2D eigenvalue weighted by molar-refractivity contribution is 7.07. The largest absolute Gasteiger partial charge is 0.467 e. The number of aromatic nitrogens is 2. The molecule has 0 aliphatic rings. The quantitative estimate of drug-likeness (QED) is 0.734. The van der Waals surface area contributed by atoms with Crippen LogP contribution in [0.1, 0.15) is 29.3 Å². The maximum atomic E-state index is 10.2. The Morgan fingerprint density at radius 2 is 2.38 bits per heavy atom. The Kier molecular flexibility index (Phi) is 4.19. The van der Waals surface area contributed by atoms with Crippen molar-refractivity contribution in [2.75, 3.05) is 6.54 Å². The van der Waals surface area contributed by atoms with Gasteiger partial charge in [-0.05, 0) is 34.5 Å². The van der Waals surface area contributed by atoms with Gasteiger partial charge in [-0.1, -0.05) is 0 Å². The van der Waals surface area contributed by atoms with Crippen LogP contribution < -0.4 is 5.32 Å². The molecule has 110 valence electrons. The van der Waals surface area contributed by atoms with Crippen molar-refractivity contribution in [2.24, 2.45) is 7.05 Å². The lowest BCUT2D eigenvalue weighted by Gasteiger charge is -2.18. The molecule has 3 rings (SSSR count). The third-order valence-corrected chi connectivity index (χ3v) is 4.09. The first kappa shape index (κ1) is 14.1. The molecule has 3 aromatic rings. The third-order valence-electron chi connectivity index (χ3n) is 3.39. The van der Waals surface area contributed by atoms with E-state index in [4.69, 9.17) is 4.42 Å². The molecule has 0 fully saturated rings. The third kappa shape index (κ3) is 3.07. The molecule has 0 amide bonds. The molecule has 0 aromatic carbocycles. The Hall–Kier alpha value is -1.89. The molecule has 0 saturated heterocycles. The molecule has 2 unspecified atom stereocenters. The number of rotatable bonds is 6. The lowest BCUT2D eigenvalue weighted by molar-refractivity contribution is 0.170. The lowest BCUT2D eigenvalue weighted by atomic mass is 10.1. The van der Waals surface area contributed by atoms with E-state index in [1.807, 2.05) is 46.8 Å². The van der Waals surface area contributed by atoms with Gasteiger partial charge in [0.2, 0.25) is 0 Å². The number of aliphatic hydroxyl groups excluding tert-OH is 1. The van der Waals surface area contributed by atoms with Crippen molar-refractivity contribution in [1.82, 2.24) is 14.9 Å². The van der Waals surface area contributed by atoms with Crippen LogP contribution in [0.15, 0.2) is 52.0 Å². The summed E-state index contributed by atoms with van der Waals surface area (Å²) in [5, 5.41) is 17.5. The normalized spacial score (nSPS) is 14.2. The van der Waals surface area contributed by atoms with E-state index >= 15 is 0 Å². The first-order valence-electron chi connectivity index (χ1n) is 6.70. The Bertz CT molecular complexity index is 661. The van der Waals surface area contributed by atoms with Crippen molar-refractivity contribution in [3.63, 3.8) is 0 Å². The zero-order valence-electron chi connectivity index (χ0n) is 11.6. The minimum atomic E-state index is -0.547. The van der Waals surface area contributed by atoms with Crippen molar-refractivity contribution < 1.29 is 9.52 Å². The van der Waals surface area contributed by atoms with Gasteiger partial charge in [0.25, 0.3) is 0 Å². The number of aryl methyl sites for hydroxylation is 1. The van der Waals surface area contributed by atoms with Crippen molar-refractivity contribution in [2.45, 2.75) is 12.1 Å². The number of nitrogens with one attached hydrogen (secondary N) is 1.